The van der Waals surface area contributed by atoms with Gasteiger partial charge in [0, 0.05) is 45.8 Å². The van der Waals surface area contributed by atoms with E-state index in [0.29, 0.717) is 25.7 Å². The normalized spacial score (nSPS) is 12.2. The molecule has 5 nitrogen and oxygen atoms in total. The molecule has 0 radical (unpaired) electrons. The molecule has 0 bridgehead atoms. The number of guanidine groups is 1. The Labute approximate surface area is 190 Å². The fraction of sp³-hybridized carbons (Fsp3) is 0.476. The van der Waals surface area contributed by atoms with Crippen molar-refractivity contribution in [1.29, 1.82) is 0 Å². The molecular formula is C21H32IN3O2S. The molecule has 0 saturated carbocycles. The first-order valence-electron chi connectivity index (χ1n) is 9.32. The average molecular weight is 517 g/mol. The van der Waals surface area contributed by atoms with Crippen LogP contribution in [0.4, 0.5) is 0 Å². The molecule has 0 spiro atoms. The van der Waals surface area contributed by atoms with Crippen molar-refractivity contribution in [2.24, 2.45) is 4.99 Å². The average Bonchev–Trinajstić information content (AvgIpc) is 3.21. The summed E-state index contributed by atoms with van der Waals surface area (Å²) in [6, 6.07) is 8.47. The highest BCUT2D eigenvalue weighted by molar-refractivity contribution is 14.0. The first kappa shape index (κ1) is 24.7. The van der Waals surface area contributed by atoms with Gasteiger partial charge in [0.25, 0.3) is 0 Å². The van der Waals surface area contributed by atoms with Crippen molar-refractivity contribution in [3.8, 4) is 5.75 Å². The van der Waals surface area contributed by atoms with Gasteiger partial charge in [-0.25, -0.2) is 0 Å². The van der Waals surface area contributed by atoms with E-state index in [-0.39, 0.29) is 24.0 Å². The van der Waals surface area contributed by atoms with Gasteiger partial charge >= 0.3 is 0 Å². The van der Waals surface area contributed by atoms with E-state index >= 15 is 0 Å². The molecule has 1 aromatic heterocycles. The quantitative estimate of drug-likeness (QED) is 0.210. The van der Waals surface area contributed by atoms with Crippen LogP contribution in [0.1, 0.15) is 36.0 Å². The molecule has 0 fully saturated rings. The van der Waals surface area contributed by atoms with Crippen molar-refractivity contribution < 1.29 is 9.47 Å². The zero-order chi connectivity index (χ0) is 19.5. The van der Waals surface area contributed by atoms with Crippen LogP contribution >= 0.6 is 35.3 Å². The third-order valence-corrected chi connectivity index (χ3v) is 5.03. The van der Waals surface area contributed by atoms with Crippen LogP contribution in [0.25, 0.3) is 0 Å². The zero-order valence-electron chi connectivity index (χ0n) is 17.2. The summed E-state index contributed by atoms with van der Waals surface area (Å²) in [5, 5.41) is 11.1. The first-order valence-corrected chi connectivity index (χ1v) is 10.3. The second-order valence-corrected chi connectivity index (χ2v) is 7.35. The number of hydrogen-bond donors (Lipinski definition) is 2. The maximum absolute atomic E-state index is 5.95. The number of ether oxygens (including phenoxy) is 2. The molecule has 2 aromatic rings. The molecule has 2 N–H and O–H groups in total. The number of methoxy groups -OCH3 is 1. The third-order valence-electron chi connectivity index (χ3n) is 4.33. The van der Waals surface area contributed by atoms with E-state index in [1.807, 2.05) is 0 Å². The van der Waals surface area contributed by atoms with Gasteiger partial charge in [-0.2, -0.15) is 11.3 Å². The zero-order valence-corrected chi connectivity index (χ0v) is 20.3. The summed E-state index contributed by atoms with van der Waals surface area (Å²) in [5.74, 6) is 2.15. The number of nitrogens with one attached hydrogen (secondary N) is 2. The Balaban J connectivity index is 0.00000392. The van der Waals surface area contributed by atoms with Gasteiger partial charge in [0.2, 0.25) is 0 Å². The number of rotatable bonds is 10. The first-order chi connectivity index (χ1) is 13.1. The number of benzene rings is 1. The van der Waals surface area contributed by atoms with E-state index in [1.165, 1.54) is 11.1 Å². The van der Waals surface area contributed by atoms with Gasteiger partial charge in [-0.1, -0.05) is 19.1 Å². The van der Waals surface area contributed by atoms with Crippen LogP contribution in [0.15, 0.2) is 40.0 Å². The van der Waals surface area contributed by atoms with Crippen LogP contribution in [0, 0.1) is 6.92 Å². The lowest BCUT2D eigenvalue weighted by Crippen LogP contribution is -2.38. The molecule has 1 heterocycles. The van der Waals surface area contributed by atoms with Crippen molar-refractivity contribution in [2.75, 3.05) is 33.9 Å². The van der Waals surface area contributed by atoms with Crippen LogP contribution in [-0.4, -0.2) is 39.9 Å². The summed E-state index contributed by atoms with van der Waals surface area (Å²) in [6.07, 6.45) is 0.876. The molecule has 0 aliphatic heterocycles. The van der Waals surface area contributed by atoms with Crippen LogP contribution in [-0.2, 0) is 11.3 Å². The molecule has 1 aromatic carbocycles. The van der Waals surface area contributed by atoms with Crippen molar-refractivity contribution >= 4 is 41.3 Å². The van der Waals surface area contributed by atoms with Gasteiger partial charge in [-0.05, 0) is 46.9 Å². The molecule has 0 saturated heterocycles. The Bertz CT molecular complexity index is 708. The van der Waals surface area contributed by atoms with Crippen LogP contribution in [0.2, 0.25) is 0 Å². The van der Waals surface area contributed by atoms with Crippen molar-refractivity contribution in [3.05, 3.63) is 51.7 Å². The van der Waals surface area contributed by atoms with E-state index in [1.54, 1.807) is 25.5 Å². The van der Waals surface area contributed by atoms with Gasteiger partial charge < -0.3 is 20.1 Å². The molecule has 156 valence electrons. The largest absolute Gasteiger partial charge is 0.493 e. The highest BCUT2D eigenvalue weighted by atomic mass is 127. The fourth-order valence-electron chi connectivity index (χ4n) is 2.65. The number of halogens is 1. The summed E-state index contributed by atoms with van der Waals surface area (Å²) in [7, 11) is 3.50. The lowest BCUT2D eigenvalue weighted by Gasteiger charge is -2.17. The number of aliphatic imine (C=N–C) groups is 1. The van der Waals surface area contributed by atoms with Crippen molar-refractivity contribution in [3.63, 3.8) is 0 Å². The molecule has 28 heavy (non-hydrogen) atoms. The molecule has 1 atom stereocenters. The van der Waals surface area contributed by atoms with Crippen molar-refractivity contribution in [2.45, 2.75) is 32.7 Å². The smallest absolute Gasteiger partial charge is 0.191 e. The molecule has 2 rings (SSSR count). The molecule has 7 heteroatoms. The Kier molecular flexibility index (Phi) is 12.2. The number of nitrogens with zero attached hydrogens (tertiary/aromatic N) is 1. The minimum atomic E-state index is 0. The Hall–Kier alpha value is -1.32. The van der Waals surface area contributed by atoms with Crippen LogP contribution < -0.4 is 15.4 Å². The van der Waals surface area contributed by atoms with Gasteiger partial charge in [0.15, 0.2) is 5.96 Å². The fourth-order valence-corrected chi connectivity index (χ4v) is 3.43. The van der Waals surface area contributed by atoms with Gasteiger partial charge in [-0.15, -0.1) is 24.0 Å². The Morgan fingerprint density at radius 2 is 2.04 bits per heavy atom. The van der Waals surface area contributed by atoms with Gasteiger partial charge in [0.05, 0.1) is 6.61 Å². The standard InChI is InChI=1S/C21H31N3O2S.HI/c1-16-6-7-18(20(12-16)26-10-5-9-25-4)14-24-21(22-3)23-13-17(2)19-8-11-27-15-19;/h6-8,11-12,15,17H,5,9-10,13-14H2,1-4H3,(H2,22,23,24);1H. The predicted molar refractivity (Wildman–Crippen MR) is 130 cm³/mol. The number of hydrogen-bond acceptors (Lipinski definition) is 4. The molecule has 1 unspecified atom stereocenters. The maximum Gasteiger partial charge on any atom is 0.191 e. The maximum atomic E-state index is 5.95. The van der Waals surface area contributed by atoms with Gasteiger partial charge in [-0.3, -0.25) is 4.99 Å². The Morgan fingerprint density at radius 1 is 1.21 bits per heavy atom. The summed E-state index contributed by atoms with van der Waals surface area (Å²) < 4.78 is 11.0. The minimum Gasteiger partial charge on any atom is -0.493 e. The molecular weight excluding hydrogens is 485 g/mol. The SMILES string of the molecule is CN=C(NCc1ccc(C)cc1OCCCOC)NCC(C)c1ccsc1.I. The summed E-state index contributed by atoms with van der Waals surface area (Å²) in [5.41, 5.74) is 3.66. The second kappa shape index (κ2) is 13.8. The van der Waals surface area contributed by atoms with Crippen molar-refractivity contribution in [1.82, 2.24) is 10.6 Å². The summed E-state index contributed by atoms with van der Waals surface area (Å²) >= 11 is 1.73. The highest BCUT2D eigenvalue weighted by Crippen LogP contribution is 2.21. The third kappa shape index (κ3) is 8.36. The predicted octanol–water partition coefficient (Wildman–Crippen LogP) is 4.56. The Morgan fingerprint density at radius 3 is 2.71 bits per heavy atom. The van der Waals surface area contributed by atoms with E-state index in [4.69, 9.17) is 9.47 Å². The van der Waals surface area contributed by atoms with Gasteiger partial charge in [0.1, 0.15) is 5.75 Å². The van der Waals surface area contributed by atoms with E-state index in [0.717, 1.165) is 30.2 Å². The number of thiophene rings is 1. The van der Waals surface area contributed by atoms with E-state index in [2.05, 4.69) is 64.5 Å². The lowest BCUT2D eigenvalue weighted by molar-refractivity contribution is 0.171. The molecule has 0 amide bonds. The van der Waals surface area contributed by atoms with Crippen LogP contribution in [0.3, 0.4) is 0 Å². The summed E-state index contributed by atoms with van der Waals surface area (Å²) in [4.78, 5) is 4.33. The monoisotopic (exact) mass is 517 g/mol. The second-order valence-electron chi connectivity index (χ2n) is 6.57. The molecule has 0 aliphatic carbocycles. The lowest BCUT2D eigenvalue weighted by atomic mass is 10.1. The van der Waals surface area contributed by atoms with E-state index < -0.39 is 0 Å². The number of aryl methyl sites for hydroxylation is 1. The highest BCUT2D eigenvalue weighted by Gasteiger charge is 2.09. The summed E-state index contributed by atoms with van der Waals surface area (Å²) in [6.45, 7) is 7.14. The minimum absolute atomic E-state index is 0. The topological polar surface area (TPSA) is 54.9 Å². The van der Waals surface area contributed by atoms with Crippen LogP contribution in [0.5, 0.6) is 5.75 Å². The van der Waals surface area contributed by atoms with E-state index in [9.17, 15) is 0 Å². The molecule has 0 aliphatic rings.